The molecular weight excluding hydrogens is 441 g/mol. The third kappa shape index (κ3) is 4.49. The standard InChI is InChI=1S/C18H31N7.HI/c1-3-19-18(21-15-12-24(11-13(15)2)14-7-8-14)20-10-17-23-22-16-6-4-5-9-25(16)17;/h13-15H,3-12H2,1-2H3,(H2,19,20,21);1H. The quantitative estimate of drug-likeness (QED) is 0.388. The van der Waals surface area contributed by atoms with Crippen LogP contribution in [0.4, 0.5) is 0 Å². The van der Waals surface area contributed by atoms with Crippen LogP contribution in [-0.2, 0) is 19.5 Å². The van der Waals surface area contributed by atoms with Crippen LogP contribution >= 0.6 is 24.0 Å². The lowest BCUT2D eigenvalue weighted by molar-refractivity contribution is 0.315. The first-order valence-corrected chi connectivity index (χ1v) is 9.94. The molecule has 0 spiro atoms. The van der Waals surface area contributed by atoms with Crippen LogP contribution in [0.2, 0.25) is 0 Å². The number of hydrogen-bond donors (Lipinski definition) is 2. The van der Waals surface area contributed by atoms with Crippen molar-refractivity contribution < 1.29 is 0 Å². The predicted molar refractivity (Wildman–Crippen MR) is 114 cm³/mol. The summed E-state index contributed by atoms with van der Waals surface area (Å²) in [4.78, 5) is 7.44. The summed E-state index contributed by atoms with van der Waals surface area (Å²) in [6, 6.07) is 1.32. The van der Waals surface area contributed by atoms with Crippen molar-refractivity contribution >= 4 is 29.9 Å². The molecule has 1 aromatic rings. The predicted octanol–water partition coefficient (Wildman–Crippen LogP) is 1.77. The number of guanidine groups is 1. The van der Waals surface area contributed by atoms with Gasteiger partial charge in [0, 0.05) is 44.7 Å². The molecule has 4 rings (SSSR count). The van der Waals surface area contributed by atoms with E-state index in [4.69, 9.17) is 4.99 Å². The van der Waals surface area contributed by atoms with E-state index in [1.807, 2.05) is 0 Å². The van der Waals surface area contributed by atoms with E-state index in [0.717, 1.165) is 49.7 Å². The Morgan fingerprint density at radius 3 is 2.85 bits per heavy atom. The van der Waals surface area contributed by atoms with E-state index in [9.17, 15) is 0 Å². The summed E-state index contributed by atoms with van der Waals surface area (Å²) in [6.07, 6.45) is 6.25. The molecule has 2 aliphatic heterocycles. The number of halogens is 1. The van der Waals surface area contributed by atoms with Gasteiger partial charge in [-0.1, -0.05) is 6.92 Å². The van der Waals surface area contributed by atoms with Crippen LogP contribution in [0.25, 0.3) is 0 Å². The summed E-state index contributed by atoms with van der Waals surface area (Å²) in [5.41, 5.74) is 0. The average Bonchev–Trinajstić information content (AvgIpc) is 3.29. The normalized spacial score (nSPS) is 26.3. The minimum atomic E-state index is 0. The van der Waals surface area contributed by atoms with Crippen molar-refractivity contribution in [1.29, 1.82) is 0 Å². The molecule has 3 aliphatic rings. The monoisotopic (exact) mass is 473 g/mol. The smallest absolute Gasteiger partial charge is 0.191 e. The van der Waals surface area contributed by atoms with Crippen LogP contribution in [0, 0.1) is 5.92 Å². The minimum absolute atomic E-state index is 0. The van der Waals surface area contributed by atoms with E-state index in [0.29, 0.717) is 18.5 Å². The fourth-order valence-corrected chi connectivity index (χ4v) is 4.06. The Hall–Kier alpha value is -0.900. The molecule has 1 saturated heterocycles. The second-order valence-corrected chi connectivity index (χ2v) is 7.75. The lowest BCUT2D eigenvalue weighted by atomic mass is 10.1. The molecule has 146 valence electrons. The van der Waals surface area contributed by atoms with Gasteiger partial charge >= 0.3 is 0 Å². The molecule has 2 atom stereocenters. The van der Waals surface area contributed by atoms with Crippen molar-refractivity contribution in [2.75, 3.05) is 19.6 Å². The summed E-state index contributed by atoms with van der Waals surface area (Å²) in [7, 11) is 0. The first kappa shape index (κ1) is 19.9. The molecule has 0 radical (unpaired) electrons. The largest absolute Gasteiger partial charge is 0.357 e. The van der Waals surface area contributed by atoms with Crippen molar-refractivity contribution in [3.63, 3.8) is 0 Å². The zero-order valence-corrected chi connectivity index (χ0v) is 18.3. The highest BCUT2D eigenvalue weighted by atomic mass is 127. The van der Waals surface area contributed by atoms with Crippen LogP contribution < -0.4 is 10.6 Å². The van der Waals surface area contributed by atoms with Gasteiger partial charge < -0.3 is 15.2 Å². The topological polar surface area (TPSA) is 70.4 Å². The number of nitrogens with zero attached hydrogens (tertiary/aromatic N) is 5. The average molecular weight is 473 g/mol. The fraction of sp³-hybridized carbons (Fsp3) is 0.833. The van der Waals surface area contributed by atoms with Gasteiger partial charge in [-0.15, -0.1) is 34.2 Å². The van der Waals surface area contributed by atoms with Gasteiger partial charge in [-0.3, -0.25) is 4.90 Å². The van der Waals surface area contributed by atoms with E-state index in [-0.39, 0.29) is 24.0 Å². The summed E-state index contributed by atoms with van der Waals surface area (Å²) in [6.45, 7) is 9.30. The number of likely N-dealkylation sites (tertiary alicyclic amines) is 1. The van der Waals surface area contributed by atoms with Crippen molar-refractivity contribution in [2.45, 2.75) is 71.1 Å². The maximum Gasteiger partial charge on any atom is 0.191 e. The molecule has 2 unspecified atom stereocenters. The molecule has 2 N–H and O–H groups in total. The molecule has 0 amide bonds. The maximum atomic E-state index is 4.80. The maximum absolute atomic E-state index is 4.80. The van der Waals surface area contributed by atoms with Crippen LogP contribution in [0.5, 0.6) is 0 Å². The molecular formula is C18H32IN7. The highest BCUT2D eigenvalue weighted by Gasteiger charge is 2.38. The first-order valence-electron chi connectivity index (χ1n) is 9.94. The van der Waals surface area contributed by atoms with Crippen LogP contribution in [-0.4, -0.2) is 57.3 Å². The second kappa shape index (κ2) is 8.86. The van der Waals surface area contributed by atoms with Crippen LogP contribution in [0.3, 0.4) is 0 Å². The fourth-order valence-electron chi connectivity index (χ4n) is 4.06. The minimum Gasteiger partial charge on any atom is -0.357 e. The Morgan fingerprint density at radius 2 is 2.08 bits per heavy atom. The van der Waals surface area contributed by atoms with Crippen molar-refractivity contribution in [2.24, 2.45) is 10.9 Å². The number of rotatable bonds is 5. The highest BCUT2D eigenvalue weighted by Crippen LogP contribution is 2.31. The Bertz CT molecular complexity index is 625. The summed E-state index contributed by atoms with van der Waals surface area (Å²) < 4.78 is 2.25. The van der Waals surface area contributed by atoms with Gasteiger partial charge in [0.2, 0.25) is 0 Å². The molecule has 1 saturated carbocycles. The van der Waals surface area contributed by atoms with Gasteiger partial charge in [0.05, 0.1) is 0 Å². The number of aromatic nitrogens is 3. The Labute approximate surface area is 173 Å². The Morgan fingerprint density at radius 1 is 1.23 bits per heavy atom. The summed E-state index contributed by atoms with van der Waals surface area (Å²) in [5, 5.41) is 15.7. The Kier molecular flexibility index (Phi) is 6.76. The van der Waals surface area contributed by atoms with E-state index < -0.39 is 0 Å². The molecule has 7 nitrogen and oxygen atoms in total. The van der Waals surface area contributed by atoms with Crippen LogP contribution in [0.15, 0.2) is 4.99 Å². The first-order chi connectivity index (χ1) is 12.2. The van der Waals surface area contributed by atoms with Gasteiger partial charge in [0.25, 0.3) is 0 Å². The zero-order chi connectivity index (χ0) is 17.2. The molecule has 1 aliphatic carbocycles. The highest BCUT2D eigenvalue weighted by molar-refractivity contribution is 14.0. The molecule has 26 heavy (non-hydrogen) atoms. The van der Waals surface area contributed by atoms with E-state index in [1.165, 1.54) is 32.2 Å². The van der Waals surface area contributed by atoms with Crippen LogP contribution in [0.1, 0.15) is 51.2 Å². The third-order valence-corrected chi connectivity index (χ3v) is 5.68. The van der Waals surface area contributed by atoms with Crippen molar-refractivity contribution in [1.82, 2.24) is 30.3 Å². The summed E-state index contributed by atoms with van der Waals surface area (Å²) >= 11 is 0. The number of hydrogen-bond acceptors (Lipinski definition) is 4. The van der Waals surface area contributed by atoms with Crippen molar-refractivity contribution in [3.8, 4) is 0 Å². The van der Waals surface area contributed by atoms with E-state index in [1.54, 1.807) is 0 Å². The van der Waals surface area contributed by atoms with E-state index >= 15 is 0 Å². The lowest BCUT2D eigenvalue weighted by Gasteiger charge is -2.20. The third-order valence-electron chi connectivity index (χ3n) is 5.68. The molecule has 2 fully saturated rings. The number of aryl methyl sites for hydroxylation is 1. The molecule has 0 aromatic carbocycles. The van der Waals surface area contributed by atoms with Gasteiger partial charge in [-0.05, 0) is 38.5 Å². The number of aliphatic imine (C=N–C) groups is 1. The SMILES string of the molecule is CCNC(=NCc1nnc2n1CCCC2)NC1CN(C2CC2)CC1C.I. The lowest BCUT2D eigenvalue weighted by Crippen LogP contribution is -2.46. The van der Waals surface area contributed by atoms with Crippen molar-refractivity contribution in [3.05, 3.63) is 11.6 Å². The number of fused-ring (bicyclic) bond motifs is 1. The number of nitrogens with one attached hydrogen (secondary N) is 2. The van der Waals surface area contributed by atoms with Gasteiger partial charge in [0.1, 0.15) is 12.4 Å². The van der Waals surface area contributed by atoms with Gasteiger partial charge in [-0.2, -0.15) is 0 Å². The summed E-state index contributed by atoms with van der Waals surface area (Å²) in [5.74, 6) is 3.68. The molecule has 8 heteroatoms. The zero-order valence-electron chi connectivity index (χ0n) is 15.9. The van der Waals surface area contributed by atoms with E-state index in [2.05, 4.69) is 44.1 Å². The van der Waals surface area contributed by atoms with Gasteiger partial charge in [-0.25, -0.2) is 4.99 Å². The Balaban J connectivity index is 0.00000196. The van der Waals surface area contributed by atoms with Gasteiger partial charge in [0.15, 0.2) is 11.8 Å². The molecule has 1 aromatic heterocycles. The molecule has 0 bridgehead atoms. The second-order valence-electron chi connectivity index (χ2n) is 7.75. The molecule has 3 heterocycles.